The van der Waals surface area contributed by atoms with Crippen LogP contribution in [0, 0.1) is 0 Å². The average Bonchev–Trinajstić information content (AvgIpc) is 2.38. The van der Waals surface area contributed by atoms with Gasteiger partial charge in [-0.2, -0.15) is 12.6 Å². The molecule has 21 heavy (non-hydrogen) atoms. The van der Waals surface area contributed by atoms with Gasteiger partial charge in [-0.3, -0.25) is 4.79 Å². The first-order valence-electron chi connectivity index (χ1n) is 6.32. The molecule has 6 nitrogen and oxygen atoms in total. The SMILES string of the molecule is CC(C)(C)OC(=O)[C@H](CS)NNS(=O)(=O)c1ccccc1. The monoisotopic (exact) mass is 332 g/mol. The molecule has 0 bridgehead atoms. The minimum absolute atomic E-state index is 0.0895. The Morgan fingerprint density at radius 2 is 1.86 bits per heavy atom. The first-order valence-corrected chi connectivity index (χ1v) is 8.43. The van der Waals surface area contributed by atoms with Crippen molar-refractivity contribution >= 4 is 28.6 Å². The number of carbonyl (C=O) groups excluding carboxylic acids is 1. The van der Waals surface area contributed by atoms with E-state index in [1.54, 1.807) is 39.0 Å². The summed E-state index contributed by atoms with van der Waals surface area (Å²) >= 11 is 4.02. The molecule has 0 radical (unpaired) electrons. The van der Waals surface area contributed by atoms with Crippen LogP contribution in [-0.2, 0) is 19.6 Å². The molecule has 0 fully saturated rings. The highest BCUT2D eigenvalue weighted by Gasteiger charge is 2.25. The van der Waals surface area contributed by atoms with Crippen molar-refractivity contribution < 1.29 is 17.9 Å². The molecule has 2 N–H and O–H groups in total. The number of hydrogen-bond donors (Lipinski definition) is 3. The molecule has 1 aromatic rings. The lowest BCUT2D eigenvalue weighted by molar-refractivity contribution is -0.156. The Kier molecular flexibility index (Phi) is 6.21. The number of nitrogens with one attached hydrogen (secondary N) is 2. The lowest BCUT2D eigenvalue weighted by Gasteiger charge is -2.23. The molecule has 0 aliphatic rings. The van der Waals surface area contributed by atoms with Gasteiger partial charge in [-0.25, -0.2) is 13.8 Å². The fraction of sp³-hybridized carbons (Fsp3) is 0.462. The maximum atomic E-state index is 12.0. The molecule has 0 heterocycles. The number of hydrogen-bond acceptors (Lipinski definition) is 6. The van der Waals surface area contributed by atoms with Gasteiger partial charge in [0.05, 0.1) is 4.90 Å². The maximum Gasteiger partial charge on any atom is 0.325 e. The number of thiol groups is 1. The van der Waals surface area contributed by atoms with Crippen LogP contribution in [0.15, 0.2) is 35.2 Å². The number of esters is 1. The Bertz CT molecular complexity index is 568. The van der Waals surface area contributed by atoms with Gasteiger partial charge in [0.1, 0.15) is 11.6 Å². The van der Waals surface area contributed by atoms with E-state index >= 15 is 0 Å². The summed E-state index contributed by atoms with van der Waals surface area (Å²) in [5.41, 5.74) is 1.79. The minimum Gasteiger partial charge on any atom is -0.459 e. The van der Waals surface area contributed by atoms with Gasteiger partial charge in [-0.15, -0.1) is 4.83 Å². The standard InChI is InChI=1S/C13H20N2O4S2/c1-13(2,3)19-12(16)11(9-20)14-15-21(17,18)10-7-5-4-6-8-10/h4-8,11,14-15,20H,9H2,1-3H3/t11-/m0/s1. The molecular formula is C13H20N2O4S2. The highest BCUT2D eigenvalue weighted by Crippen LogP contribution is 2.10. The summed E-state index contributed by atoms with van der Waals surface area (Å²) in [5.74, 6) is -0.486. The van der Waals surface area contributed by atoms with E-state index < -0.39 is 27.6 Å². The molecule has 1 rings (SSSR count). The number of rotatable bonds is 6. The fourth-order valence-corrected chi connectivity index (χ4v) is 2.53. The molecule has 0 unspecified atom stereocenters. The summed E-state index contributed by atoms with van der Waals surface area (Å²) in [6.07, 6.45) is 0. The van der Waals surface area contributed by atoms with Crippen molar-refractivity contribution in [1.29, 1.82) is 0 Å². The Morgan fingerprint density at radius 3 is 2.33 bits per heavy atom. The van der Waals surface area contributed by atoms with Crippen molar-refractivity contribution in [3.8, 4) is 0 Å². The second kappa shape index (κ2) is 7.26. The first kappa shape index (κ1) is 18.0. The van der Waals surface area contributed by atoms with E-state index in [0.717, 1.165) is 0 Å². The Balaban J connectivity index is 2.70. The number of hydrazine groups is 1. The van der Waals surface area contributed by atoms with E-state index in [0.29, 0.717) is 0 Å². The van der Waals surface area contributed by atoms with Gasteiger partial charge < -0.3 is 4.74 Å². The summed E-state index contributed by atoms with van der Waals surface area (Å²) in [4.78, 5) is 14.1. The zero-order valence-electron chi connectivity index (χ0n) is 12.2. The lowest BCUT2D eigenvalue weighted by atomic mass is 10.2. The molecule has 0 aliphatic carbocycles. The van der Waals surface area contributed by atoms with Crippen LogP contribution in [0.4, 0.5) is 0 Å². The lowest BCUT2D eigenvalue weighted by Crippen LogP contribution is -2.50. The van der Waals surface area contributed by atoms with Crippen molar-refractivity contribution in [2.45, 2.75) is 37.3 Å². The molecule has 0 aromatic heterocycles. The molecule has 1 aromatic carbocycles. The average molecular weight is 332 g/mol. The first-order chi connectivity index (χ1) is 9.65. The highest BCUT2D eigenvalue weighted by molar-refractivity contribution is 7.89. The highest BCUT2D eigenvalue weighted by atomic mass is 32.2. The van der Waals surface area contributed by atoms with E-state index in [9.17, 15) is 13.2 Å². The molecule has 0 amide bonds. The van der Waals surface area contributed by atoms with E-state index in [-0.39, 0.29) is 10.6 Å². The maximum absolute atomic E-state index is 12.0. The predicted octanol–water partition coefficient (Wildman–Crippen LogP) is 1.11. The quantitative estimate of drug-likeness (QED) is 0.413. The summed E-state index contributed by atoms with van der Waals surface area (Å²) in [6, 6.07) is 6.95. The van der Waals surface area contributed by atoms with Gasteiger partial charge in [0.15, 0.2) is 0 Å². The van der Waals surface area contributed by atoms with Gasteiger partial charge >= 0.3 is 5.97 Å². The molecule has 0 saturated heterocycles. The van der Waals surface area contributed by atoms with Crippen molar-refractivity contribution in [3.63, 3.8) is 0 Å². The van der Waals surface area contributed by atoms with Gasteiger partial charge in [0, 0.05) is 5.75 Å². The number of carbonyl (C=O) groups is 1. The van der Waals surface area contributed by atoms with Crippen LogP contribution in [0.2, 0.25) is 0 Å². The molecular weight excluding hydrogens is 312 g/mol. The normalized spacial score (nSPS) is 13.7. The van der Waals surface area contributed by atoms with Gasteiger partial charge in [-0.05, 0) is 32.9 Å². The van der Waals surface area contributed by atoms with Crippen LogP contribution in [0.25, 0.3) is 0 Å². The van der Waals surface area contributed by atoms with Crippen LogP contribution >= 0.6 is 12.6 Å². The molecule has 0 saturated carbocycles. The topological polar surface area (TPSA) is 84.5 Å². The van der Waals surface area contributed by atoms with Crippen molar-refractivity contribution in [2.75, 3.05) is 5.75 Å². The largest absolute Gasteiger partial charge is 0.459 e. The van der Waals surface area contributed by atoms with Crippen molar-refractivity contribution in [1.82, 2.24) is 10.3 Å². The second-order valence-electron chi connectivity index (χ2n) is 5.33. The summed E-state index contributed by atoms with van der Waals surface area (Å²) in [7, 11) is -3.75. The second-order valence-corrected chi connectivity index (χ2v) is 7.38. The third kappa shape index (κ3) is 6.04. The van der Waals surface area contributed by atoms with Crippen molar-refractivity contribution in [2.24, 2.45) is 0 Å². The van der Waals surface area contributed by atoms with Crippen molar-refractivity contribution in [3.05, 3.63) is 30.3 Å². The van der Waals surface area contributed by atoms with E-state index in [1.165, 1.54) is 12.1 Å². The zero-order valence-corrected chi connectivity index (χ0v) is 13.9. The zero-order chi connectivity index (χ0) is 16.1. The Morgan fingerprint density at radius 1 is 1.29 bits per heavy atom. The van der Waals surface area contributed by atoms with Crippen LogP contribution < -0.4 is 10.3 Å². The van der Waals surface area contributed by atoms with Crippen LogP contribution in [0.5, 0.6) is 0 Å². The minimum atomic E-state index is -3.75. The summed E-state index contributed by atoms with van der Waals surface area (Å²) in [5, 5.41) is 0. The van der Waals surface area contributed by atoms with Crippen LogP contribution in [-0.4, -0.2) is 31.8 Å². The molecule has 8 heteroatoms. The third-order valence-electron chi connectivity index (χ3n) is 2.29. The number of benzene rings is 1. The van der Waals surface area contributed by atoms with Gasteiger partial charge in [0.2, 0.25) is 0 Å². The summed E-state index contributed by atoms with van der Waals surface area (Å²) < 4.78 is 29.2. The molecule has 0 aliphatic heterocycles. The fourth-order valence-electron chi connectivity index (χ4n) is 1.36. The van der Waals surface area contributed by atoms with Gasteiger partial charge in [0.25, 0.3) is 10.0 Å². The van der Waals surface area contributed by atoms with Gasteiger partial charge in [-0.1, -0.05) is 18.2 Å². The Labute approximate surface area is 130 Å². The van der Waals surface area contributed by atoms with Crippen LogP contribution in [0.3, 0.4) is 0 Å². The number of sulfonamides is 1. The predicted molar refractivity (Wildman–Crippen MR) is 83.4 cm³/mol. The van der Waals surface area contributed by atoms with Crippen LogP contribution in [0.1, 0.15) is 20.8 Å². The molecule has 0 spiro atoms. The van der Waals surface area contributed by atoms with E-state index in [2.05, 4.69) is 22.9 Å². The van der Waals surface area contributed by atoms with E-state index in [4.69, 9.17) is 4.74 Å². The van der Waals surface area contributed by atoms with E-state index in [1.807, 2.05) is 0 Å². The molecule has 118 valence electrons. The molecule has 1 atom stereocenters. The summed E-state index contributed by atoms with van der Waals surface area (Å²) in [6.45, 7) is 5.19. The number of ether oxygens (including phenoxy) is 1. The smallest absolute Gasteiger partial charge is 0.325 e. The third-order valence-corrected chi connectivity index (χ3v) is 3.94. The Hall–Kier alpha value is -1.09.